The first-order valence-corrected chi connectivity index (χ1v) is 12.7. The van der Waals surface area contributed by atoms with E-state index < -0.39 is 0 Å². The highest BCUT2D eigenvalue weighted by atomic mass is 35.5. The summed E-state index contributed by atoms with van der Waals surface area (Å²) in [6, 6.07) is 12.5. The maximum absolute atomic E-state index is 10.3. The normalized spacial score (nSPS) is 15.8. The number of nitrogens with one attached hydrogen (secondary N) is 2. The number of hydrogen-bond acceptors (Lipinski definition) is 3. The fourth-order valence-electron chi connectivity index (χ4n) is 3.82. The summed E-state index contributed by atoms with van der Waals surface area (Å²) in [7, 11) is 0. The molecule has 32 heavy (non-hydrogen) atoms. The summed E-state index contributed by atoms with van der Waals surface area (Å²) in [5, 5.41) is 9.01. The van der Waals surface area contributed by atoms with Crippen LogP contribution in [0, 0.1) is 18.8 Å². The van der Waals surface area contributed by atoms with Crippen molar-refractivity contribution in [3.8, 4) is 12.8 Å². The van der Waals surface area contributed by atoms with Crippen molar-refractivity contribution in [1.82, 2.24) is 10.6 Å². The summed E-state index contributed by atoms with van der Waals surface area (Å²) in [6.45, 7) is 4.53. The Morgan fingerprint density at radius 3 is 2.22 bits per heavy atom. The van der Waals surface area contributed by atoms with Crippen LogP contribution in [0.1, 0.15) is 55.9 Å². The van der Waals surface area contributed by atoms with Gasteiger partial charge in [-0.05, 0) is 86.7 Å². The minimum Gasteiger partial charge on any atom is -0.352 e. The van der Waals surface area contributed by atoms with Crippen LogP contribution in [0.5, 0.6) is 0 Å². The molecular formula is C26H38ClN3OS. The monoisotopic (exact) mass is 475 g/mol. The van der Waals surface area contributed by atoms with Crippen molar-refractivity contribution in [2.45, 2.75) is 64.3 Å². The molecule has 0 spiro atoms. The molecule has 176 valence electrons. The maximum Gasteiger partial charge on any atom is 0.312 e. The van der Waals surface area contributed by atoms with Gasteiger partial charge in [-0.2, -0.15) is 0 Å². The number of carbonyl (C=O) groups is 1. The van der Waals surface area contributed by atoms with E-state index in [1.54, 1.807) is 0 Å². The van der Waals surface area contributed by atoms with Crippen LogP contribution in [0.25, 0.3) is 0 Å². The van der Waals surface area contributed by atoms with E-state index in [0.29, 0.717) is 6.04 Å². The molecule has 2 heterocycles. The Bertz CT molecular complexity index is 734. The molecule has 0 atom stereocenters. The van der Waals surface area contributed by atoms with Gasteiger partial charge in [0.2, 0.25) is 0 Å². The Labute approximate surface area is 203 Å². The number of nitrogens with two attached hydrogens (primary N) is 1. The van der Waals surface area contributed by atoms with Crippen molar-refractivity contribution in [3.05, 3.63) is 57.2 Å². The van der Waals surface area contributed by atoms with Gasteiger partial charge in [0.05, 0.1) is 0 Å². The van der Waals surface area contributed by atoms with Gasteiger partial charge < -0.3 is 16.4 Å². The van der Waals surface area contributed by atoms with Gasteiger partial charge >= 0.3 is 6.03 Å². The lowest BCUT2D eigenvalue weighted by molar-refractivity contribution is 0.245. The smallest absolute Gasteiger partial charge is 0.312 e. The van der Waals surface area contributed by atoms with Crippen molar-refractivity contribution >= 4 is 29.0 Å². The first-order valence-electron chi connectivity index (χ1n) is 11.4. The second-order valence-corrected chi connectivity index (χ2v) is 9.42. The van der Waals surface area contributed by atoms with Crippen molar-refractivity contribution < 1.29 is 4.79 Å². The van der Waals surface area contributed by atoms with E-state index in [1.807, 2.05) is 23.5 Å². The van der Waals surface area contributed by atoms with Gasteiger partial charge in [-0.15, -0.1) is 24.2 Å². The summed E-state index contributed by atoms with van der Waals surface area (Å²) >= 11 is 7.67. The van der Waals surface area contributed by atoms with Crippen LogP contribution >= 0.6 is 22.9 Å². The number of benzene rings is 1. The average molecular weight is 476 g/mol. The molecule has 2 aromatic rings. The molecule has 4 nitrogen and oxygen atoms in total. The zero-order valence-corrected chi connectivity index (χ0v) is 20.8. The Morgan fingerprint density at radius 1 is 1.12 bits per heavy atom. The standard InChI is InChI=1S/C12H16ClN.C6H12N2O.C6H8S.C2H2/c13-12-3-1-10(2-4-12)9-11-5-7-14-8-6-11;7-6(9)8-5-3-1-2-4-5;1-2-6-4-3-5-7-6;1-2/h1-4,11,14H,5-9H2;5H,1-4H2,(H3,7,8,9);3-5H,2H2,1H3;1-2H. The molecule has 1 saturated carbocycles. The molecule has 2 fully saturated rings. The van der Waals surface area contributed by atoms with Crippen LogP contribution in [0.4, 0.5) is 4.79 Å². The number of halogens is 1. The lowest BCUT2D eigenvalue weighted by atomic mass is 9.91. The fourth-order valence-corrected chi connectivity index (χ4v) is 4.61. The molecule has 0 radical (unpaired) electrons. The fraction of sp³-hybridized carbons (Fsp3) is 0.500. The van der Waals surface area contributed by atoms with E-state index in [1.165, 1.54) is 62.1 Å². The number of aryl methyl sites for hydroxylation is 1. The molecule has 1 aliphatic heterocycles. The molecule has 1 aliphatic carbocycles. The first-order chi connectivity index (χ1) is 15.6. The van der Waals surface area contributed by atoms with Gasteiger partial charge in [-0.25, -0.2) is 4.79 Å². The third kappa shape index (κ3) is 12.8. The molecule has 0 unspecified atom stereocenters. The van der Waals surface area contributed by atoms with Gasteiger partial charge in [0.15, 0.2) is 0 Å². The van der Waals surface area contributed by atoms with E-state index in [4.69, 9.17) is 17.3 Å². The quantitative estimate of drug-likeness (QED) is 0.472. The Kier molecular flexibility index (Phi) is 15.4. The molecule has 0 bridgehead atoms. The van der Waals surface area contributed by atoms with Crippen molar-refractivity contribution in [3.63, 3.8) is 0 Å². The SMILES string of the molecule is C#C.CCc1cccs1.Clc1ccc(CC2CCNCC2)cc1.NC(=O)NC1CCCC1. The number of primary amides is 1. The number of hydrogen-bond donors (Lipinski definition) is 3. The van der Waals surface area contributed by atoms with Gasteiger partial charge in [-0.1, -0.05) is 49.6 Å². The zero-order valence-electron chi connectivity index (χ0n) is 19.2. The lowest BCUT2D eigenvalue weighted by Gasteiger charge is -2.22. The second kappa shape index (κ2) is 17.5. The van der Waals surface area contributed by atoms with Crippen molar-refractivity contribution in [1.29, 1.82) is 0 Å². The minimum atomic E-state index is -0.387. The highest BCUT2D eigenvalue weighted by Gasteiger charge is 2.15. The number of piperidine rings is 1. The van der Waals surface area contributed by atoms with E-state index >= 15 is 0 Å². The number of thiophene rings is 1. The van der Waals surface area contributed by atoms with E-state index in [2.05, 4.69) is 60.0 Å². The van der Waals surface area contributed by atoms with Crippen molar-refractivity contribution in [2.75, 3.05) is 13.1 Å². The third-order valence-corrected chi connectivity index (χ3v) is 6.80. The average Bonchev–Trinajstić information content (AvgIpc) is 3.52. The Hall–Kier alpha value is -2.00. The summed E-state index contributed by atoms with van der Waals surface area (Å²) in [5.41, 5.74) is 6.34. The molecule has 2 amide bonds. The zero-order chi connectivity index (χ0) is 23.6. The predicted octanol–water partition coefficient (Wildman–Crippen LogP) is 6.04. The summed E-state index contributed by atoms with van der Waals surface area (Å²) < 4.78 is 0. The Balaban J connectivity index is 0.000000246. The van der Waals surface area contributed by atoms with E-state index in [-0.39, 0.29) is 6.03 Å². The van der Waals surface area contributed by atoms with Crippen molar-refractivity contribution in [2.24, 2.45) is 11.7 Å². The van der Waals surface area contributed by atoms with Gasteiger partial charge in [0.1, 0.15) is 0 Å². The molecule has 1 saturated heterocycles. The molecule has 1 aromatic heterocycles. The van der Waals surface area contributed by atoms with Crippen LogP contribution in [0.3, 0.4) is 0 Å². The molecule has 4 rings (SSSR count). The number of rotatable bonds is 4. The van der Waals surface area contributed by atoms with Crippen LogP contribution in [-0.4, -0.2) is 25.2 Å². The van der Waals surface area contributed by atoms with Crippen LogP contribution in [0.2, 0.25) is 5.02 Å². The minimum absolute atomic E-state index is 0.363. The van der Waals surface area contributed by atoms with Gasteiger partial charge in [0.25, 0.3) is 0 Å². The predicted molar refractivity (Wildman–Crippen MR) is 139 cm³/mol. The summed E-state index contributed by atoms with van der Waals surface area (Å²) in [4.78, 5) is 11.7. The molecular weight excluding hydrogens is 438 g/mol. The van der Waals surface area contributed by atoms with Gasteiger partial charge in [0, 0.05) is 15.9 Å². The Morgan fingerprint density at radius 2 is 1.75 bits per heavy atom. The van der Waals surface area contributed by atoms with Crippen LogP contribution in [-0.2, 0) is 12.8 Å². The summed E-state index contributed by atoms with van der Waals surface area (Å²) in [5.74, 6) is 0.859. The largest absolute Gasteiger partial charge is 0.352 e. The molecule has 4 N–H and O–H groups in total. The topological polar surface area (TPSA) is 67.1 Å². The van der Waals surface area contributed by atoms with Crippen LogP contribution in [0.15, 0.2) is 41.8 Å². The van der Waals surface area contributed by atoms with E-state index in [0.717, 1.165) is 23.8 Å². The van der Waals surface area contributed by atoms with Crippen LogP contribution < -0.4 is 16.4 Å². The number of carbonyl (C=O) groups excluding carboxylic acids is 1. The molecule has 6 heteroatoms. The number of urea groups is 1. The third-order valence-electron chi connectivity index (χ3n) is 5.53. The highest BCUT2D eigenvalue weighted by molar-refractivity contribution is 7.09. The van der Waals surface area contributed by atoms with Gasteiger partial charge in [-0.3, -0.25) is 0 Å². The molecule has 2 aliphatic rings. The maximum atomic E-state index is 10.3. The first kappa shape index (κ1) is 28.0. The molecule has 1 aromatic carbocycles. The lowest BCUT2D eigenvalue weighted by Crippen LogP contribution is -2.36. The number of terminal acetylenes is 1. The highest BCUT2D eigenvalue weighted by Crippen LogP contribution is 2.19. The number of amides is 2. The second-order valence-electron chi connectivity index (χ2n) is 7.95. The summed E-state index contributed by atoms with van der Waals surface area (Å²) in [6.07, 6.45) is 17.7. The van der Waals surface area contributed by atoms with E-state index in [9.17, 15) is 4.79 Å².